The van der Waals surface area contributed by atoms with Crippen LogP contribution in [0.15, 0.2) is 36.4 Å². The SMILES string of the molecule is Cc1cc(C)n2nc(C(=O)N3CC[C@H](c4ccccc4)C3)nc2n1. The molecule has 1 aliphatic heterocycles. The number of fused-ring (bicyclic) bond motifs is 1. The first-order valence-electron chi connectivity index (χ1n) is 8.17. The molecule has 0 spiro atoms. The summed E-state index contributed by atoms with van der Waals surface area (Å²) in [6, 6.07) is 12.3. The molecule has 0 unspecified atom stereocenters. The monoisotopic (exact) mass is 321 g/mol. The minimum atomic E-state index is -0.115. The summed E-state index contributed by atoms with van der Waals surface area (Å²) < 4.78 is 1.63. The van der Waals surface area contributed by atoms with Crippen molar-refractivity contribution in [3.05, 3.63) is 59.2 Å². The van der Waals surface area contributed by atoms with Crippen LogP contribution < -0.4 is 0 Å². The minimum Gasteiger partial charge on any atom is -0.335 e. The summed E-state index contributed by atoms with van der Waals surface area (Å²) in [6.45, 7) is 5.29. The summed E-state index contributed by atoms with van der Waals surface area (Å²) in [5.74, 6) is 0.977. The van der Waals surface area contributed by atoms with Crippen molar-refractivity contribution in [2.45, 2.75) is 26.2 Å². The van der Waals surface area contributed by atoms with Gasteiger partial charge in [0.1, 0.15) is 0 Å². The molecule has 6 heteroatoms. The van der Waals surface area contributed by atoms with Gasteiger partial charge in [0, 0.05) is 30.4 Å². The van der Waals surface area contributed by atoms with Crippen molar-refractivity contribution in [3.8, 4) is 0 Å². The van der Waals surface area contributed by atoms with Crippen LogP contribution in [0.1, 0.15) is 39.9 Å². The van der Waals surface area contributed by atoms with Crippen LogP contribution in [-0.4, -0.2) is 43.5 Å². The molecular formula is C18H19N5O. The lowest BCUT2D eigenvalue weighted by molar-refractivity contribution is 0.0779. The highest BCUT2D eigenvalue weighted by Crippen LogP contribution is 2.27. The van der Waals surface area contributed by atoms with Crippen molar-refractivity contribution in [2.75, 3.05) is 13.1 Å². The Morgan fingerprint density at radius 3 is 2.75 bits per heavy atom. The fourth-order valence-electron chi connectivity index (χ4n) is 3.34. The quantitative estimate of drug-likeness (QED) is 0.727. The Morgan fingerprint density at radius 1 is 1.17 bits per heavy atom. The van der Waals surface area contributed by atoms with Crippen molar-refractivity contribution in [1.82, 2.24) is 24.5 Å². The Hall–Kier alpha value is -2.76. The summed E-state index contributed by atoms with van der Waals surface area (Å²) in [4.78, 5) is 23.3. The largest absolute Gasteiger partial charge is 0.335 e. The Balaban J connectivity index is 1.57. The second kappa shape index (κ2) is 5.70. The Kier molecular flexibility index (Phi) is 3.52. The van der Waals surface area contributed by atoms with E-state index in [1.165, 1.54) is 5.56 Å². The van der Waals surface area contributed by atoms with Crippen molar-refractivity contribution >= 4 is 11.7 Å². The maximum absolute atomic E-state index is 12.7. The molecular weight excluding hydrogens is 302 g/mol. The van der Waals surface area contributed by atoms with Crippen LogP contribution in [-0.2, 0) is 0 Å². The number of carbonyl (C=O) groups is 1. The van der Waals surface area contributed by atoms with E-state index in [1.807, 2.05) is 43.0 Å². The molecule has 24 heavy (non-hydrogen) atoms. The van der Waals surface area contributed by atoms with Gasteiger partial charge in [-0.1, -0.05) is 30.3 Å². The minimum absolute atomic E-state index is 0.115. The van der Waals surface area contributed by atoms with Crippen molar-refractivity contribution in [3.63, 3.8) is 0 Å². The molecule has 2 aromatic heterocycles. The highest BCUT2D eigenvalue weighted by atomic mass is 16.2. The summed E-state index contributed by atoms with van der Waals surface area (Å²) in [5, 5.41) is 4.35. The highest BCUT2D eigenvalue weighted by molar-refractivity contribution is 5.91. The third-order valence-electron chi connectivity index (χ3n) is 4.56. The Morgan fingerprint density at radius 2 is 1.96 bits per heavy atom. The van der Waals surface area contributed by atoms with Crippen molar-refractivity contribution in [2.24, 2.45) is 0 Å². The third-order valence-corrected chi connectivity index (χ3v) is 4.56. The molecule has 0 saturated carbocycles. The maximum atomic E-state index is 12.7. The molecule has 1 fully saturated rings. The fourth-order valence-corrected chi connectivity index (χ4v) is 3.34. The van der Waals surface area contributed by atoms with Gasteiger partial charge < -0.3 is 4.90 Å². The molecule has 0 N–H and O–H groups in total. The number of amides is 1. The Bertz CT molecular complexity index is 902. The van der Waals surface area contributed by atoms with Gasteiger partial charge in [0.05, 0.1) is 0 Å². The first-order valence-corrected chi connectivity index (χ1v) is 8.17. The van der Waals surface area contributed by atoms with E-state index in [0.717, 1.165) is 24.4 Å². The first kappa shape index (κ1) is 14.8. The molecule has 1 atom stereocenters. The van der Waals surface area contributed by atoms with Crippen LogP contribution in [0.2, 0.25) is 0 Å². The first-order chi connectivity index (χ1) is 11.6. The number of carbonyl (C=O) groups excluding carboxylic acids is 1. The number of hydrogen-bond acceptors (Lipinski definition) is 4. The summed E-state index contributed by atoms with van der Waals surface area (Å²) >= 11 is 0. The lowest BCUT2D eigenvalue weighted by Crippen LogP contribution is -2.29. The molecule has 3 heterocycles. The number of rotatable bonds is 2. The van der Waals surface area contributed by atoms with Crippen molar-refractivity contribution < 1.29 is 4.79 Å². The third kappa shape index (κ3) is 2.54. The van der Waals surface area contributed by atoms with Gasteiger partial charge in [-0.2, -0.15) is 4.98 Å². The highest BCUT2D eigenvalue weighted by Gasteiger charge is 2.30. The topological polar surface area (TPSA) is 63.4 Å². The Labute approximate surface area is 140 Å². The normalized spacial score (nSPS) is 17.6. The van der Waals surface area contributed by atoms with Crippen LogP contribution in [0.4, 0.5) is 0 Å². The maximum Gasteiger partial charge on any atom is 0.293 e. The van der Waals surface area contributed by atoms with E-state index in [1.54, 1.807) is 4.52 Å². The molecule has 4 rings (SSSR count). The number of hydrogen-bond donors (Lipinski definition) is 0. The zero-order chi connectivity index (χ0) is 16.7. The van der Waals surface area contributed by atoms with Crippen molar-refractivity contribution in [1.29, 1.82) is 0 Å². The number of likely N-dealkylation sites (tertiary alicyclic amines) is 1. The van der Waals surface area contributed by atoms with E-state index in [9.17, 15) is 4.79 Å². The van der Waals surface area contributed by atoms with Crippen LogP contribution in [0.5, 0.6) is 0 Å². The van der Waals surface area contributed by atoms with Crippen LogP contribution in [0, 0.1) is 13.8 Å². The van der Waals surface area contributed by atoms with E-state index in [4.69, 9.17) is 0 Å². The molecule has 6 nitrogen and oxygen atoms in total. The molecule has 1 aliphatic rings. The average molecular weight is 321 g/mol. The van der Waals surface area contributed by atoms with Gasteiger partial charge >= 0.3 is 0 Å². The molecule has 3 aromatic rings. The van der Waals surface area contributed by atoms with E-state index in [-0.39, 0.29) is 11.7 Å². The zero-order valence-electron chi connectivity index (χ0n) is 13.8. The predicted octanol–water partition coefficient (Wildman–Crippen LogP) is 2.37. The van der Waals surface area contributed by atoms with E-state index in [2.05, 4.69) is 27.2 Å². The smallest absolute Gasteiger partial charge is 0.293 e. The number of nitrogens with zero attached hydrogens (tertiary/aromatic N) is 5. The summed E-state index contributed by atoms with van der Waals surface area (Å²) in [6.07, 6.45) is 0.972. The molecule has 0 bridgehead atoms. The second-order valence-electron chi connectivity index (χ2n) is 6.33. The summed E-state index contributed by atoms with van der Waals surface area (Å²) in [5.41, 5.74) is 3.08. The molecule has 1 amide bonds. The second-order valence-corrected chi connectivity index (χ2v) is 6.33. The lowest BCUT2D eigenvalue weighted by Gasteiger charge is -2.14. The zero-order valence-corrected chi connectivity index (χ0v) is 13.8. The molecule has 0 radical (unpaired) electrons. The lowest BCUT2D eigenvalue weighted by atomic mass is 9.99. The number of benzene rings is 1. The van der Waals surface area contributed by atoms with E-state index < -0.39 is 0 Å². The predicted molar refractivity (Wildman–Crippen MR) is 90.0 cm³/mol. The van der Waals surface area contributed by atoms with Gasteiger partial charge in [-0.05, 0) is 31.9 Å². The number of aromatic nitrogens is 4. The van der Waals surface area contributed by atoms with Gasteiger partial charge in [0.15, 0.2) is 0 Å². The van der Waals surface area contributed by atoms with Gasteiger partial charge in [-0.15, -0.1) is 5.10 Å². The molecule has 0 aliphatic carbocycles. The average Bonchev–Trinajstić information content (AvgIpc) is 3.22. The van der Waals surface area contributed by atoms with Crippen LogP contribution >= 0.6 is 0 Å². The molecule has 122 valence electrons. The molecule has 1 saturated heterocycles. The van der Waals surface area contributed by atoms with Gasteiger partial charge in [-0.25, -0.2) is 9.50 Å². The van der Waals surface area contributed by atoms with E-state index in [0.29, 0.717) is 18.2 Å². The van der Waals surface area contributed by atoms with Crippen LogP contribution in [0.3, 0.4) is 0 Å². The standard InChI is InChI=1S/C18H19N5O/c1-12-10-13(2)23-18(19-12)20-16(21-23)17(24)22-9-8-15(11-22)14-6-4-3-5-7-14/h3-7,10,15H,8-9,11H2,1-2H3/t15-/m0/s1. The van der Waals surface area contributed by atoms with Gasteiger partial charge in [-0.3, -0.25) is 4.79 Å². The fraction of sp³-hybridized carbons (Fsp3) is 0.333. The van der Waals surface area contributed by atoms with Gasteiger partial charge in [0.25, 0.3) is 11.7 Å². The van der Waals surface area contributed by atoms with Crippen LogP contribution in [0.25, 0.3) is 5.78 Å². The number of aryl methyl sites for hydroxylation is 2. The van der Waals surface area contributed by atoms with E-state index >= 15 is 0 Å². The molecule has 1 aromatic carbocycles. The summed E-state index contributed by atoms with van der Waals surface area (Å²) in [7, 11) is 0. The van der Waals surface area contributed by atoms with Gasteiger partial charge in [0.2, 0.25) is 5.82 Å².